The average Bonchev–Trinajstić information content (AvgIpc) is 2.64. The Labute approximate surface area is 153 Å². The number of aromatic nitrogens is 1. The molecular weight excluding hydrogens is 358 g/mol. The lowest BCUT2D eigenvalue weighted by atomic mass is 10.2. The third-order valence-electron chi connectivity index (χ3n) is 4.33. The Balaban J connectivity index is 2.02. The van der Waals surface area contributed by atoms with E-state index in [1.54, 1.807) is 24.5 Å². The zero-order valence-electron chi connectivity index (χ0n) is 14.7. The van der Waals surface area contributed by atoms with Gasteiger partial charge in [0.05, 0.1) is 12.2 Å². The summed E-state index contributed by atoms with van der Waals surface area (Å²) in [6.07, 6.45) is 5.54. The number of sulfonamides is 1. The van der Waals surface area contributed by atoms with Crippen LogP contribution in [0.5, 0.6) is 0 Å². The summed E-state index contributed by atoms with van der Waals surface area (Å²) in [6.45, 7) is 1.30. The van der Waals surface area contributed by atoms with E-state index in [9.17, 15) is 18.0 Å². The topological polar surface area (TPSA) is 108 Å². The highest BCUT2D eigenvalue weighted by Crippen LogP contribution is 2.14. The van der Waals surface area contributed by atoms with Gasteiger partial charge in [0.1, 0.15) is 0 Å². The number of carboxylic acids is 1. The van der Waals surface area contributed by atoms with Crippen LogP contribution in [0.25, 0.3) is 0 Å². The largest absolute Gasteiger partial charge is 0.481 e. The van der Waals surface area contributed by atoms with Crippen LogP contribution in [0, 0.1) is 0 Å². The first-order chi connectivity index (χ1) is 12.4. The van der Waals surface area contributed by atoms with Gasteiger partial charge >= 0.3 is 5.97 Å². The van der Waals surface area contributed by atoms with Crippen molar-refractivity contribution in [2.75, 3.05) is 25.4 Å². The van der Waals surface area contributed by atoms with E-state index in [-0.39, 0.29) is 37.6 Å². The van der Waals surface area contributed by atoms with Gasteiger partial charge in [-0.05, 0) is 24.5 Å². The van der Waals surface area contributed by atoms with Crippen molar-refractivity contribution in [3.63, 3.8) is 0 Å². The summed E-state index contributed by atoms with van der Waals surface area (Å²) in [4.78, 5) is 28.5. The number of rotatable bonds is 9. The Morgan fingerprint density at radius 3 is 2.54 bits per heavy atom. The smallest absolute Gasteiger partial charge is 0.303 e. The second kappa shape index (κ2) is 9.63. The Morgan fingerprint density at radius 1 is 1.19 bits per heavy atom. The molecular formula is C17H25N3O5S. The highest BCUT2D eigenvalue weighted by atomic mass is 32.2. The van der Waals surface area contributed by atoms with Crippen molar-refractivity contribution in [2.45, 2.75) is 38.6 Å². The molecule has 0 spiro atoms. The second-order valence-corrected chi connectivity index (χ2v) is 8.43. The summed E-state index contributed by atoms with van der Waals surface area (Å²) in [5.41, 5.74) is 0.770. The molecule has 0 bridgehead atoms. The van der Waals surface area contributed by atoms with Crippen LogP contribution in [0.3, 0.4) is 0 Å². The van der Waals surface area contributed by atoms with Gasteiger partial charge in [0.15, 0.2) is 0 Å². The van der Waals surface area contributed by atoms with E-state index in [1.807, 2.05) is 0 Å². The molecule has 1 aliphatic heterocycles. The number of carboxylic acid groups (broad SMARTS) is 1. The van der Waals surface area contributed by atoms with E-state index in [4.69, 9.17) is 5.11 Å². The maximum atomic E-state index is 12.5. The van der Waals surface area contributed by atoms with Gasteiger partial charge in [-0.25, -0.2) is 12.7 Å². The molecule has 1 N–H and O–H groups in total. The van der Waals surface area contributed by atoms with Crippen LogP contribution in [-0.4, -0.2) is 65.0 Å². The van der Waals surface area contributed by atoms with E-state index >= 15 is 0 Å². The number of piperidine rings is 1. The van der Waals surface area contributed by atoms with Crippen LogP contribution in [0.15, 0.2) is 24.5 Å². The number of nitrogens with zero attached hydrogens (tertiary/aromatic N) is 3. The van der Waals surface area contributed by atoms with E-state index in [0.29, 0.717) is 13.1 Å². The number of aliphatic carboxylic acids is 1. The van der Waals surface area contributed by atoms with Crippen molar-refractivity contribution in [1.29, 1.82) is 0 Å². The number of amides is 1. The molecule has 0 aromatic carbocycles. The molecule has 0 aliphatic carbocycles. The molecule has 1 aromatic rings. The fourth-order valence-corrected chi connectivity index (χ4v) is 4.40. The fourth-order valence-electron chi connectivity index (χ4n) is 2.87. The minimum Gasteiger partial charge on any atom is -0.481 e. The van der Waals surface area contributed by atoms with Crippen LogP contribution >= 0.6 is 0 Å². The van der Waals surface area contributed by atoms with Crippen molar-refractivity contribution < 1.29 is 23.1 Å². The Hall–Kier alpha value is -2.00. The quantitative estimate of drug-likeness (QED) is 0.684. The fraction of sp³-hybridized carbons (Fsp3) is 0.588. The molecule has 1 aromatic heterocycles. The summed E-state index contributed by atoms with van der Waals surface area (Å²) < 4.78 is 26.5. The zero-order chi connectivity index (χ0) is 19.0. The van der Waals surface area contributed by atoms with Gasteiger partial charge in [-0.1, -0.05) is 12.5 Å². The Kier molecular flexibility index (Phi) is 7.52. The first kappa shape index (κ1) is 20.3. The number of pyridine rings is 1. The minimum atomic E-state index is -3.43. The van der Waals surface area contributed by atoms with Gasteiger partial charge in [0.2, 0.25) is 15.9 Å². The molecule has 1 aliphatic rings. The number of carbonyl (C=O) groups excluding carboxylic acids is 1. The highest BCUT2D eigenvalue weighted by Gasteiger charge is 2.25. The standard InChI is InChI=1S/C17H25N3O5S/c21-16(6-7-17(22)23)19(14-15-5-4-8-18-13-15)11-12-26(24,25)20-9-2-1-3-10-20/h4-5,8,13H,1-3,6-7,9-12,14H2,(H,22,23). The predicted octanol–water partition coefficient (Wildman–Crippen LogP) is 1.09. The molecule has 1 fully saturated rings. The van der Waals surface area contributed by atoms with E-state index < -0.39 is 16.0 Å². The lowest BCUT2D eigenvalue weighted by Crippen LogP contribution is -2.41. The Bertz CT molecular complexity index is 702. The number of carbonyl (C=O) groups is 2. The van der Waals surface area contributed by atoms with Crippen molar-refractivity contribution in [1.82, 2.24) is 14.2 Å². The molecule has 0 saturated carbocycles. The van der Waals surface area contributed by atoms with E-state index in [1.165, 1.54) is 9.21 Å². The molecule has 1 saturated heterocycles. The van der Waals surface area contributed by atoms with Crippen LogP contribution in [0.2, 0.25) is 0 Å². The van der Waals surface area contributed by atoms with E-state index in [2.05, 4.69) is 4.98 Å². The second-order valence-electron chi connectivity index (χ2n) is 6.35. The van der Waals surface area contributed by atoms with E-state index in [0.717, 1.165) is 24.8 Å². The van der Waals surface area contributed by atoms with Crippen molar-refractivity contribution in [2.24, 2.45) is 0 Å². The summed E-state index contributed by atoms with van der Waals surface area (Å²) in [7, 11) is -3.43. The predicted molar refractivity (Wildman–Crippen MR) is 95.7 cm³/mol. The molecule has 1 amide bonds. The zero-order valence-corrected chi connectivity index (χ0v) is 15.5. The van der Waals surface area contributed by atoms with Crippen LogP contribution < -0.4 is 0 Å². The van der Waals surface area contributed by atoms with Crippen LogP contribution in [-0.2, 0) is 26.2 Å². The maximum Gasteiger partial charge on any atom is 0.303 e. The van der Waals surface area contributed by atoms with Gasteiger partial charge in [-0.2, -0.15) is 0 Å². The molecule has 2 heterocycles. The third kappa shape index (κ3) is 6.38. The third-order valence-corrected chi connectivity index (χ3v) is 6.18. The summed E-state index contributed by atoms with van der Waals surface area (Å²) in [6, 6.07) is 3.53. The summed E-state index contributed by atoms with van der Waals surface area (Å²) in [5, 5.41) is 8.78. The summed E-state index contributed by atoms with van der Waals surface area (Å²) >= 11 is 0. The van der Waals surface area contributed by atoms with Crippen molar-refractivity contribution >= 4 is 21.9 Å². The van der Waals surface area contributed by atoms with Crippen LogP contribution in [0.1, 0.15) is 37.7 Å². The SMILES string of the molecule is O=C(O)CCC(=O)N(CCS(=O)(=O)N1CCCCC1)Cc1cccnc1. The lowest BCUT2D eigenvalue weighted by molar-refractivity contribution is -0.141. The molecule has 9 heteroatoms. The first-order valence-corrected chi connectivity index (χ1v) is 10.4. The summed E-state index contributed by atoms with van der Waals surface area (Å²) in [5.74, 6) is -1.59. The number of hydrogen-bond acceptors (Lipinski definition) is 5. The minimum absolute atomic E-state index is 0.0339. The first-order valence-electron chi connectivity index (χ1n) is 8.75. The van der Waals surface area contributed by atoms with Gasteiger partial charge in [-0.3, -0.25) is 14.6 Å². The maximum absolute atomic E-state index is 12.5. The van der Waals surface area contributed by atoms with Gasteiger partial charge < -0.3 is 10.0 Å². The Morgan fingerprint density at radius 2 is 1.92 bits per heavy atom. The highest BCUT2D eigenvalue weighted by molar-refractivity contribution is 7.89. The molecule has 8 nitrogen and oxygen atoms in total. The van der Waals surface area contributed by atoms with Gasteiger partial charge in [-0.15, -0.1) is 0 Å². The average molecular weight is 383 g/mol. The number of hydrogen-bond donors (Lipinski definition) is 1. The molecule has 26 heavy (non-hydrogen) atoms. The molecule has 0 atom stereocenters. The molecule has 144 valence electrons. The monoisotopic (exact) mass is 383 g/mol. The molecule has 0 unspecified atom stereocenters. The van der Waals surface area contributed by atoms with Gasteiger partial charge in [0, 0.05) is 45.0 Å². The van der Waals surface area contributed by atoms with Crippen molar-refractivity contribution in [3.05, 3.63) is 30.1 Å². The van der Waals surface area contributed by atoms with Gasteiger partial charge in [0.25, 0.3) is 0 Å². The van der Waals surface area contributed by atoms with Crippen LogP contribution in [0.4, 0.5) is 0 Å². The van der Waals surface area contributed by atoms with Crippen molar-refractivity contribution in [3.8, 4) is 0 Å². The molecule has 2 rings (SSSR count). The molecule has 0 radical (unpaired) electrons. The lowest BCUT2D eigenvalue weighted by Gasteiger charge is -2.28. The normalized spacial score (nSPS) is 15.5.